The van der Waals surface area contributed by atoms with Crippen LogP contribution in [-0.2, 0) is 14.4 Å². The Balaban J connectivity index is 1.57. The van der Waals surface area contributed by atoms with Crippen molar-refractivity contribution >= 4 is 45.3 Å². The normalized spacial score (nSPS) is 34.2. The molecule has 4 atom stereocenters. The second kappa shape index (κ2) is 8.25. The molecule has 1 saturated heterocycles. The number of rotatable bonds is 3. The third kappa shape index (κ3) is 4.48. The van der Waals surface area contributed by atoms with E-state index in [1.54, 1.807) is 4.90 Å². The highest BCUT2D eigenvalue weighted by molar-refractivity contribution is 9.09. The third-order valence-corrected chi connectivity index (χ3v) is 7.00. The monoisotopic (exact) mass is 433 g/mol. The molecule has 0 aromatic carbocycles. The van der Waals surface area contributed by atoms with Crippen molar-refractivity contribution in [3.05, 3.63) is 0 Å². The van der Waals surface area contributed by atoms with Crippen molar-refractivity contribution in [2.24, 2.45) is 5.92 Å². The smallest absolute Gasteiger partial charge is 0.261 e. The van der Waals surface area contributed by atoms with Crippen molar-refractivity contribution in [3.63, 3.8) is 0 Å². The molecule has 1 heterocycles. The van der Waals surface area contributed by atoms with Gasteiger partial charge in [0.25, 0.3) is 5.91 Å². The van der Waals surface area contributed by atoms with E-state index in [1.807, 2.05) is 0 Å². The summed E-state index contributed by atoms with van der Waals surface area (Å²) in [5.74, 6) is -0.666. The number of nitrogens with zero attached hydrogens (tertiary/aromatic N) is 2. The lowest BCUT2D eigenvalue weighted by Gasteiger charge is -2.41. The number of halogens is 2. The summed E-state index contributed by atoms with van der Waals surface area (Å²) in [5.41, 5.74) is 2.67. The highest BCUT2D eigenvalue weighted by Crippen LogP contribution is 2.30. The van der Waals surface area contributed by atoms with Crippen molar-refractivity contribution in [1.29, 1.82) is 0 Å². The summed E-state index contributed by atoms with van der Waals surface area (Å²) in [6.07, 6.45) is 7.46. The predicted octanol–water partition coefficient (Wildman–Crippen LogP) is 2.19. The van der Waals surface area contributed by atoms with E-state index in [-0.39, 0.29) is 53.0 Å². The largest absolute Gasteiger partial charge is 0.329 e. The maximum atomic E-state index is 12.5. The number of carbonyl (C=O) groups excluding carboxylic acids is 3. The average Bonchev–Trinajstić information content (AvgIpc) is 2.58. The van der Waals surface area contributed by atoms with Crippen LogP contribution in [0.4, 0.5) is 0 Å². The lowest BCUT2D eigenvalue weighted by molar-refractivity contribution is -0.158. The number of alkyl halides is 2. The van der Waals surface area contributed by atoms with Crippen LogP contribution < -0.4 is 5.43 Å². The van der Waals surface area contributed by atoms with Gasteiger partial charge in [-0.05, 0) is 38.5 Å². The molecular weight excluding hydrogens is 410 g/mol. The number of amides is 3. The Morgan fingerprint density at radius 1 is 1.04 bits per heavy atom. The lowest BCUT2D eigenvalue weighted by Crippen LogP contribution is -2.62. The van der Waals surface area contributed by atoms with Gasteiger partial charge in [-0.15, -0.1) is 11.6 Å². The molecule has 3 aliphatic rings. The van der Waals surface area contributed by atoms with Gasteiger partial charge in [-0.1, -0.05) is 28.8 Å². The van der Waals surface area contributed by atoms with E-state index in [0.717, 1.165) is 51.4 Å². The number of piperazine rings is 1. The van der Waals surface area contributed by atoms with Gasteiger partial charge in [-0.25, -0.2) is 5.01 Å². The van der Waals surface area contributed by atoms with Crippen LogP contribution >= 0.6 is 27.5 Å². The number of hydrazine groups is 1. The zero-order valence-corrected chi connectivity index (χ0v) is 16.6. The fourth-order valence-electron chi connectivity index (χ4n) is 4.05. The van der Waals surface area contributed by atoms with Crippen molar-refractivity contribution < 1.29 is 14.4 Å². The molecule has 0 spiro atoms. The molecule has 2 saturated carbocycles. The first-order valence-corrected chi connectivity index (χ1v) is 10.5. The standard InChI is InChI=1S/C17H25BrClN3O3/c18-14-7-2-1-6-13(14)17(25)20-22-10-15(23)21(9-16(22)24)12-5-3-4-11(19)8-12/h11-14H,1-10H2,(H,20,25). The van der Waals surface area contributed by atoms with Crippen LogP contribution in [0.2, 0.25) is 0 Å². The Morgan fingerprint density at radius 3 is 2.52 bits per heavy atom. The van der Waals surface area contributed by atoms with Crippen molar-refractivity contribution in [2.75, 3.05) is 13.1 Å². The molecule has 1 N–H and O–H groups in total. The molecule has 3 amide bonds. The summed E-state index contributed by atoms with van der Waals surface area (Å²) in [5, 5.41) is 1.26. The molecule has 140 valence electrons. The molecule has 0 aromatic heterocycles. The van der Waals surface area contributed by atoms with Gasteiger partial charge in [0.05, 0.1) is 5.92 Å². The number of hydrogen-bond donors (Lipinski definition) is 1. The molecule has 0 radical (unpaired) electrons. The molecule has 6 nitrogen and oxygen atoms in total. The second-order valence-electron chi connectivity index (χ2n) is 7.30. The van der Waals surface area contributed by atoms with Crippen LogP contribution in [0.15, 0.2) is 0 Å². The van der Waals surface area contributed by atoms with Gasteiger partial charge in [-0.2, -0.15) is 0 Å². The fraction of sp³-hybridized carbons (Fsp3) is 0.824. The zero-order valence-electron chi connectivity index (χ0n) is 14.3. The van der Waals surface area contributed by atoms with Gasteiger partial charge >= 0.3 is 0 Å². The summed E-state index contributed by atoms with van der Waals surface area (Å²) < 4.78 is 0. The number of nitrogens with one attached hydrogen (secondary N) is 1. The van der Waals surface area contributed by atoms with E-state index >= 15 is 0 Å². The third-order valence-electron chi connectivity index (χ3n) is 5.51. The van der Waals surface area contributed by atoms with Crippen LogP contribution in [0.25, 0.3) is 0 Å². The molecule has 8 heteroatoms. The quantitative estimate of drug-likeness (QED) is 0.692. The second-order valence-corrected chi connectivity index (χ2v) is 9.10. The fourth-order valence-corrected chi connectivity index (χ4v) is 5.24. The van der Waals surface area contributed by atoms with Gasteiger partial charge < -0.3 is 4.90 Å². The maximum Gasteiger partial charge on any atom is 0.261 e. The van der Waals surface area contributed by atoms with E-state index in [4.69, 9.17) is 11.6 Å². The Bertz CT molecular complexity index is 547. The minimum absolute atomic E-state index is 0.0236. The first-order chi connectivity index (χ1) is 12.0. The van der Waals surface area contributed by atoms with Gasteiger partial charge in [0.1, 0.15) is 13.1 Å². The SMILES string of the molecule is O=C(NN1CC(=O)N(C2CCCC(Cl)C2)CC1=O)C1CCCCC1Br. The maximum absolute atomic E-state index is 12.5. The van der Waals surface area contributed by atoms with Crippen LogP contribution in [0.3, 0.4) is 0 Å². The molecule has 2 aliphatic carbocycles. The first-order valence-electron chi connectivity index (χ1n) is 9.14. The Labute approximate surface area is 161 Å². The topological polar surface area (TPSA) is 69.7 Å². The lowest BCUT2D eigenvalue weighted by atomic mass is 9.88. The summed E-state index contributed by atoms with van der Waals surface area (Å²) in [6.45, 7) is -0.0660. The summed E-state index contributed by atoms with van der Waals surface area (Å²) >= 11 is 9.78. The van der Waals surface area contributed by atoms with Crippen LogP contribution in [0.5, 0.6) is 0 Å². The van der Waals surface area contributed by atoms with Crippen molar-refractivity contribution in [3.8, 4) is 0 Å². The minimum Gasteiger partial charge on any atom is -0.329 e. The van der Waals surface area contributed by atoms with E-state index in [0.29, 0.717) is 0 Å². The van der Waals surface area contributed by atoms with Crippen molar-refractivity contribution in [2.45, 2.75) is 67.6 Å². The zero-order chi connectivity index (χ0) is 18.0. The number of carbonyl (C=O) groups is 3. The van der Waals surface area contributed by atoms with Crippen LogP contribution in [0, 0.1) is 5.92 Å². The highest BCUT2D eigenvalue weighted by atomic mass is 79.9. The first kappa shape index (κ1) is 19.0. The minimum atomic E-state index is -0.230. The molecule has 1 aliphatic heterocycles. The van der Waals surface area contributed by atoms with E-state index < -0.39 is 0 Å². The van der Waals surface area contributed by atoms with E-state index in [1.165, 1.54) is 5.01 Å². The van der Waals surface area contributed by atoms with Crippen LogP contribution in [-0.4, -0.2) is 57.0 Å². The summed E-state index contributed by atoms with van der Waals surface area (Å²) in [6, 6.07) is 0.0378. The van der Waals surface area contributed by atoms with Crippen molar-refractivity contribution in [1.82, 2.24) is 15.3 Å². The Hall–Kier alpha value is -0.820. The Kier molecular flexibility index (Phi) is 6.25. The van der Waals surface area contributed by atoms with Gasteiger partial charge in [0.15, 0.2) is 0 Å². The molecule has 0 bridgehead atoms. The predicted molar refractivity (Wildman–Crippen MR) is 98.1 cm³/mol. The molecule has 4 unspecified atom stereocenters. The van der Waals surface area contributed by atoms with E-state index in [2.05, 4.69) is 21.4 Å². The van der Waals surface area contributed by atoms with Gasteiger partial charge in [0.2, 0.25) is 11.8 Å². The Morgan fingerprint density at radius 2 is 1.80 bits per heavy atom. The highest BCUT2D eigenvalue weighted by Gasteiger charge is 2.38. The van der Waals surface area contributed by atoms with E-state index in [9.17, 15) is 14.4 Å². The summed E-state index contributed by atoms with van der Waals surface area (Å²) in [7, 11) is 0. The van der Waals surface area contributed by atoms with Gasteiger partial charge in [-0.3, -0.25) is 19.8 Å². The average molecular weight is 435 g/mol. The molecule has 0 aromatic rings. The van der Waals surface area contributed by atoms with Gasteiger partial charge in [0, 0.05) is 16.2 Å². The summed E-state index contributed by atoms with van der Waals surface area (Å²) in [4.78, 5) is 39.2. The molecule has 25 heavy (non-hydrogen) atoms. The number of hydrogen-bond acceptors (Lipinski definition) is 3. The molecule has 3 rings (SSSR count). The van der Waals surface area contributed by atoms with Crippen LogP contribution in [0.1, 0.15) is 51.4 Å². The molecular formula is C17H25BrClN3O3. The molecule has 3 fully saturated rings.